The zero-order valence-electron chi connectivity index (χ0n) is 15.1. The Kier molecular flexibility index (Phi) is 8.98. The molecule has 1 aromatic carbocycles. The van der Waals surface area contributed by atoms with Gasteiger partial charge in [0.2, 0.25) is 0 Å². The molecule has 1 N–H and O–H groups in total. The van der Waals surface area contributed by atoms with Crippen molar-refractivity contribution < 1.29 is 4.74 Å². The van der Waals surface area contributed by atoms with Gasteiger partial charge in [0.15, 0.2) is 0 Å². The highest BCUT2D eigenvalue weighted by Gasteiger charge is 2.11. The summed E-state index contributed by atoms with van der Waals surface area (Å²) >= 11 is 0. The Morgan fingerprint density at radius 1 is 1.18 bits per heavy atom. The van der Waals surface area contributed by atoms with E-state index in [0.717, 1.165) is 31.9 Å². The Hall–Kier alpha value is -1.22. The highest BCUT2D eigenvalue weighted by molar-refractivity contribution is 5.59. The van der Waals surface area contributed by atoms with Crippen LogP contribution >= 0.6 is 0 Å². The van der Waals surface area contributed by atoms with Crippen molar-refractivity contribution in [1.29, 1.82) is 0 Å². The molecule has 0 fully saturated rings. The standard InChI is InChI=1S/C19H34N2O/c1-6-9-12-21(7-2)18-11-10-17(13-19(18)22-8-3)15-20-14-16(4)5/h10-11,13,16,20H,6-9,12,14-15H2,1-5H3. The number of unbranched alkanes of at least 4 members (excludes halogenated alkanes) is 1. The molecule has 0 aliphatic rings. The van der Waals surface area contributed by atoms with E-state index in [0.29, 0.717) is 12.5 Å². The molecule has 0 heterocycles. The van der Waals surface area contributed by atoms with Crippen LogP contribution in [0.2, 0.25) is 0 Å². The minimum atomic E-state index is 0.676. The van der Waals surface area contributed by atoms with Crippen LogP contribution in [0.5, 0.6) is 5.75 Å². The normalized spacial score (nSPS) is 11.0. The number of hydrogen-bond donors (Lipinski definition) is 1. The SMILES string of the molecule is CCCCN(CC)c1ccc(CNCC(C)C)cc1OCC. The topological polar surface area (TPSA) is 24.5 Å². The Bertz CT molecular complexity index is 418. The molecule has 0 radical (unpaired) electrons. The first-order chi connectivity index (χ1) is 10.6. The van der Waals surface area contributed by atoms with Gasteiger partial charge in [0, 0.05) is 19.6 Å². The lowest BCUT2D eigenvalue weighted by Crippen LogP contribution is -2.24. The molecule has 0 bridgehead atoms. The van der Waals surface area contributed by atoms with Crippen molar-refractivity contribution in [2.24, 2.45) is 5.92 Å². The monoisotopic (exact) mass is 306 g/mol. The van der Waals surface area contributed by atoms with Crippen LogP contribution in [0, 0.1) is 5.92 Å². The summed E-state index contributed by atoms with van der Waals surface area (Å²) in [5.74, 6) is 1.69. The third kappa shape index (κ3) is 6.27. The number of nitrogens with one attached hydrogen (secondary N) is 1. The largest absolute Gasteiger partial charge is 0.492 e. The van der Waals surface area contributed by atoms with Crippen molar-refractivity contribution in [1.82, 2.24) is 5.32 Å². The van der Waals surface area contributed by atoms with Gasteiger partial charge in [-0.05, 0) is 50.4 Å². The van der Waals surface area contributed by atoms with E-state index in [2.05, 4.69) is 63.0 Å². The van der Waals surface area contributed by atoms with E-state index < -0.39 is 0 Å². The maximum atomic E-state index is 5.90. The van der Waals surface area contributed by atoms with Crippen molar-refractivity contribution in [3.63, 3.8) is 0 Å². The van der Waals surface area contributed by atoms with E-state index in [-0.39, 0.29) is 0 Å². The number of nitrogens with zero attached hydrogens (tertiary/aromatic N) is 1. The molecule has 1 rings (SSSR count). The average molecular weight is 306 g/mol. The Morgan fingerprint density at radius 3 is 2.55 bits per heavy atom. The second kappa shape index (κ2) is 10.5. The minimum Gasteiger partial charge on any atom is -0.492 e. The highest BCUT2D eigenvalue weighted by Crippen LogP contribution is 2.30. The molecule has 0 spiro atoms. The van der Waals surface area contributed by atoms with E-state index >= 15 is 0 Å². The summed E-state index contributed by atoms with van der Waals surface area (Å²) in [6, 6.07) is 6.64. The summed E-state index contributed by atoms with van der Waals surface area (Å²) in [6.07, 6.45) is 2.44. The third-order valence-electron chi connectivity index (χ3n) is 3.71. The van der Waals surface area contributed by atoms with E-state index in [4.69, 9.17) is 4.74 Å². The molecule has 0 aromatic heterocycles. The number of rotatable bonds is 11. The van der Waals surface area contributed by atoms with Crippen molar-refractivity contribution in [2.75, 3.05) is 31.1 Å². The van der Waals surface area contributed by atoms with Crippen molar-refractivity contribution in [3.8, 4) is 5.75 Å². The van der Waals surface area contributed by atoms with Gasteiger partial charge in [0.1, 0.15) is 5.75 Å². The van der Waals surface area contributed by atoms with Crippen LogP contribution in [-0.4, -0.2) is 26.2 Å². The van der Waals surface area contributed by atoms with Gasteiger partial charge in [0.25, 0.3) is 0 Å². The molecular formula is C19H34N2O. The van der Waals surface area contributed by atoms with E-state index in [1.54, 1.807) is 0 Å². The van der Waals surface area contributed by atoms with Crippen LogP contribution in [0.4, 0.5) is 5.69 Å². The van der Waals surface area contributed by atoms with Gasteiger partial charge in [-0.3, -0.25) is 0 Å². The van der Waals surface area contributed by atoms with Crippen LogP contribution < -0.4 is 15.0 Å². The summed E-state index contributed by atoms with van der Waals surface area (Å²) in [5.41, 5.74) is 2.52. The Morgan fingerprint density at radius 2 is 1.95 bits per heavy atom. The summed E-state index contributed by atoms with van der Waals surface area (Å²) in [5, 5.41) is 3.50. The van der Waals surface area contributed by atoms with Crippen molar-refractivity contribution >= 4 is 5.69 Å². The molecule has 0 aliphatic carbocycles. The average Bonchev–Trinajstić information content (AvgIpc) is 2.49. The molecule has 0 saturated heterocycles. The van der Waals surface area contributed by atoms with Gasteiger partial charge in [-0.15, -0.1) is 0 Å². The third-order valence-corrected chi connectivity index (χ3v) is 3.71. The van der Waals surface area contributed by atoms with Gasteiger partial charge in [-0.2, -0.15) is 0 Å². The Balaban J connectivity index is 2.83. The fourth-order valence-electron chi connectivity index (χ4n) is 2.50. The van der Waals surface area contributed by atoms with Gasteiger partial charge in [0.05, 0.1) is 12.3 Å². The second-order valence-corrected chi connectivity index (χ2v) is 6.19. The molecule has 22 heavy (non-hydrogen) atoms. The minimum absolute atomic E-state index is 0.676. The lowest BCUT2D eigenvalue weighted by atomic mass is 10.1. The summed E-state index contributed by atoms with van der Waals surface area (Å²) in [4.78, 5) is 2.42. The smallest absolute Gasteiger partial charge is 0.142 e. The first-order valence-corrected chi connectivity index (χ1v) is 8.83. The predicted octanol–water partition coefficient (Wildman–Crippen LogP) is 4.46. The fourth-order valence-corrected chi connectivity index (χ4v) is 2.50. The van der Waals surface area contributed by atoms with Gasteiger partial charge >= 0.3 is 0 Å². The first-order valence-electron chi connectivity index (χ1n) is 8.83. The molecule has 0 saturated carbocycles. The maximum Gasteiger partial charge on any atom is 0.142 e. The number of anilines is 1. The fraction of sp³-hybridized carbons (Fsp3) is 0.684. The number of benzene rings is 1. The quantitative estimate of drug-likeness (QED) is 0.653. The first kappa shape index (κ1) is 18.8. The van der Waals surface area contributed by atoms with Gasteiger partial charge in [-0.25, -0.2) is 0 Å². The second-order valence-electron chi connectivity index (χ2n) is 6.19. The van der Waals surface area contributed by atoms with Crippen LogP contribution in [0.25, 0.3) is 0 Å². The number of hydrogen-bond acceptors (Lipinski definition) is 3. The van der Waals surface area contributed by atoms with Gasteiger partial charge < -0.3 is 15.0 Å². The van der Waals surface area contributed by atoms with E-state index in [9.17, 15) is 0 Å². The molecule has 3 heteroatoms. The molecule has 3 nitrogen and oxygen atoms in total. The molecule has 0 unspecified atom stereocenters. The summed E-state index contributed by atoms with van der Waals surface area (Å²) in [6.45, 7) is 15.7. The zero-order valence-corrected chi connectivity index (χ0v) is 15.1. The zero-order chi connectivity index (χ0) is 16.4. The maximum absolute atomic E-state index is 5.90. The molecule has 126 valence electrons. The van der Waals surface area contributed by atoms with Crippen LogP contribution in [0.1, 0.15) is 53.0 Å². The van der Waals surface area contributed by atoms with E-state index in [1.165, 1.54) is 24.1 Å². The molecule has 1 aromatic rings. The van der Waals surface area contributed by atoms with Gasteiger partial charge in [-0.1, -0.05) is 33.3 Å². The molecule has 0 aliphatic heterocycles. The van der Waals surface area contributed by atoms with Crippen molar-refractivity contribution in [3.05, 3.63) is 23.8 Å². The lowest BCUT2D eigenvalue weighted by Gasteiger charge is -2.26. The summed E-state index contributed by atoms with van der Waals surface area (Å²) in [7, 11) is 0. The van der Waals surface area contributed by atoms with Crippen LogP contribution in [0.3, 0.4) is 0 Å². The van der Waals surface area contributed by atoms with Crippen LogP contribution in [0.15, 0.2) is 18.2 Å². The van der Waals surface area contributed by atoms with Crippen LogP contribution in [-0.2, 0) is 6.54 Å². The highest BCUT2D eigenvalue weighted by atomic mass is 16.5. The molecule has 0 atom stereocenters. The Labute approximate surface area is 137 Å². The molecular weight excluding hydrogens is 272 g/mol. The summed E-state index contributed by atoms with van der Waals surface area (Å²) < 4.78 is 5.90. The lowest BCUT2D eigenvalue weighted by molar-refractivity contribution is 0.340. The number of ether oxygens (including phenoxy) is 1. The van der Waals surface area contributed by atoms with E-state index in [1.807, 2.05) is 0 Å². The van der Waals surface area contributed by atoms with Crippen molar-refractivity contribution in [2.45, 2.75) is 54.0 Å². The molecule has 0 amide bonds. The predicted molar refractivity (Wildman–Crippen MR) is 97.0 cm³/mol.